The number of aryl methyl sites for hydroxylation is 1. The molecule has 6 heterocycles. The number of imidazole rings is 1. The van der Waals surface area contributed by atoms with Crippen molar-refractivity contribution in [1.82, 2.24) is 44.5 Å². The average Bonchev–Trinajstić information content (AvgIpc) is 3.74. The van der Waals surface area contributed by atoms with Crippen LogP contribution in [0.4, 0.5) is 20.5 Å². The van der Waals surface area contributed by atoms with E-state index in [9.17, 15) is 14.4 Å². The van der Waals surface area contributed by atoms with Crippen molar-refractivity contribution >= 4 is 56.7 Å². The molecule has 2 saturated heterocycles. The highest BCUT2D eigenvalue weighted by Gasteiger charge is 2.37. The van der Waals surface area contributed by atoms with Crippen LogP contribution in [-0.2, 0) is 29.2 Å². The van der Waals surface area contributed by atoms with Gasteiger partial charge >= 0.3 is 0 Å². The summed E-state index contributed by atoms with van der Waals surface area (Å²) in [6.07, 6.45) is 4.44. The molecular formula is C41H43BrF2N10O3. The van der Waals surface area contributed by atoms with Crippen molar-refractivity contribution in [2.45, 2.75) is 71.4 Å². The molecule has 8 rings (SSSR count). The number of amides is 1. The second kappa shape index (κ2) is 16.1. The first kappa shape index (κ1) is 38.8. The predicted molar refractivity (Wildman–Crippen MR) is 214 cm³/mol. The van der Waals surface area contributed by atoms with Crippen molar-refractivity contribution in [2.24, 2.45) is 0 Å². The van der Waals surface area contributed by atoms with Gasteiger partial charge in [-0.25, -0.2) is 28.7 Å². The van der Waals surface area contributed by atoms with E-state index in [1.54, 1.807) is 12.3 Å². The van der Waals surface area contributed by atoms with Gasteiger partial charge in [0.1, 0.15) is 22.9 Å². The molecule has 16 heteroatoms. The molecule has 2 unspecified atom stereocenters. The minimum Gasteiger partial charge on any atom is -0.330 e. The maximum absolute atomic E-state index is 15.1. The van der Waals surface area contributed by atoms with E-state index in [-0.39, 0.29) is 40.7 Å². The quantitative estimate of drug-likeness (QED) is 0.125. The maximum Gasteiger partial charge on any atom is 0.254 e. The number of nitrogens with one attached hydrogen (secondary N) is 2. The van der Waals surface area contributed by atoms with Crippen molar-refractivity contribution in [3.63, 3.8) is 0 Å². The predicted octanol–water partition coefficient (Wildman–Crippen LogP) is 5.72. The number of pyridine rings is 1. The Morgan fingerprint density at radius 2 is 1.77 bits per heavy atom. The number of piperidine rings is 1. The van der Waals surface area contributed by atoms with Gasteiger partial charge in [-0.15, -0.1) is 0 Å². The number of carbonyl (C=O) groups excluding carboxylic acids is 3. The van der Waals surface area contributed by atoms with Crippen LogP contribution in [0.5, 0.6) is 0 Å². The van der Waals surface area contributed by atoms with Crippen LogP contribution in [-0.4, -0.2) is 102 Å². The van der Waals surface area contributed by atoms with E-state index in [0.29, 0.717) is 54.9 Å². The molecule has 0 radical (unpaired) electrons. The van der Waals surface area contributed by atoms with Gasteiger partial charge in [-0.1, -0.05) is 28.1 Å². The number of benzene rings is 2. The normalized spacial score (nSPS) is 19.1. The fourth-order valence-electron chi connectivity index (χ4n) is 8.27. The van der Waals surface area contributed by atoms with Gasteiger partial charge in [-0.3, -0.25) is 24.2 Å². The minimum absolute atomic E-state index is 0.00192. The van der Waals surface area contributed by atoms with Gasteiger partial charge in [0.05, 0.1) is 17.8 Å². The molecule has 2 atom stereocenters. The lowest BCUT2D eigenvalue weighted by Crippen LogP contribution is -2.52. The summed E-state index contributed by atoms with van der Waals surface area (Å²) in [4.78, 5) is 60.2. The fraction of sp³-hybridized carbons (Fsp3) is 0.390. The van der Waals surface area contributed by atoms with E-state index in [4.69, 9.17) is 0 Å². The standard InChI is InChI=1S/C41H43BrF2N10O3/c1-23(2)54-24(3)48-39-31(43)14-27(15-34(39)54)38-32(44)18-47-41(50-38)49-36-9-4-25(16-46-36)19-51-10-12-52(13-11-51)20-26-5-7-29-30(37(26)42)21-53(40(29)57)28-6-8-33(45-17-28)35(56)22-55/h4-5,7,9,14-16,18,22-23,28,33,45H,6,8,10-13,17,19-21H2,1-3H3,(H,46,47,49,50). The lowest BCUT2D eigenvalue weighted by atomic mass is 9.97. The number of Topliss-reactive ketones (excluding diaryl/α,β-unsaturated/α-hetero) is 1. The Morgan fingerprint density at radius 3 is 2.46 bits per heavy atom. The molecule has 0 spiro atoms. The average molecular weight is 842 g/mol. The summed E-state index contributed by atoms with van der Waals surface area (Å²) < 4.78 is 33.1. The fourth-order valence-corrected chi connectivity index (χ4v) is 8.87. The molecule has 3 aromatic heterocycles. The van der Waals surface area contributed by atoms with Crippen LogP contribution in [0.1, 0.15) is 65.6 Å². The number of rotatable bonds is 11. The molecule has 0 aliphatic carbocycles. The number of nitrogens with zero attached hydrogens (tertiary/aromatic N) is 8. The molecule has 2 aromatic carbocycles. The van der Waals surface area contributed by atoms with Crippen LogP contribution in [0.25, 0.3) is 22.3 Å². The van der Waals surface area contributed by atoms with Gasteiger partial charge in [0.2, 0.25) is 11.7 Å². The summed E-state index contributed by atoms with van der Waals surface area (Å²) in [6.45, 7) is 11.8. The molecule has 2 N–H and O–H groups in total. The zero-order valence-corrected chi connectivity index (χ0v) is 33.5. The number of halogens is 3. The highest BCUT2D eigenvalue weighted by atomic mass is 79.9. The first-order chi connectivity index (χ1) is 27.5. The summed E-state index contributed by atoms with van der Waals surface area (Å²) in [5.74, 6) is -0.338. The summed E-state index contributed by atoms with van der Waals surface area (Å²) in [5, 5.41) is 6.20. The Kier molecular flexibility index (Phi) is 11.0. The zero-order valence-electron chi connectivity index (χ0n) is 31.9. The third-order valence-corrected chi connectivity index (χ3v) is 12.2. The number of piperazine rings is 1. The highest BCUT2D eigenvalue weighted by Crippen LogP contribution is 2.36. The first-order valence-electron chi connectivity index (χ1n) is 19.2. The lowest BCUT2D eigenvalue weighted by Gasteiger charge is -2.35. The number of aromatic nitrogens is 5. The Labute approximate surface area is 337 Å². The number of fused-ring (bicyclic) bond motifs is 2. The third-order valence-electron chi connectivity index (χ3n) is 11.2. The van der Waals surface area contributed by atoms with Gasteiger partial charge in [-0.2, -0.15) is 0 Å². The summed E-state index contributed by atoms with van der Waals surface area (Å²) in [5.41, 5.74) is 4.97. The number of anilines is 2. The molecule has 0 saturated carbocycles. The molecule has 57 heavy (non-hydrogen) atoms. The van der Waals surface area contributed by atoms with Crippen LogP contribution >= 0.6 is 15.9 Å². The molecule has 3 aliphatic rings. The molecule has 13 nitrogen and oxygen atoms in total. The second-order valence-electron chi connectivity index (χ2n) is 15.3. The number of aldehydes is 1. The Balaban J connectivity index is 0.849. The summed E-state index contributed by atoms with van der Waals surface area (Å²) in [6, 6.07) is 10.3. The smallest absolute Gasteiger partial charge is 0.254 e. The SMILES string of the molecule is Cc1nc2c(F)cc(-c3nc(Nc4ccc(CN5CCN(Cc6ccc7c(c6Br)CN(C6CCC(C(=O)C=O)NC6)C7=O)CC5)cn4)ncc3F)cc2n1C(C)C. The van der Waals surface area contributed by atoms with E-state index in [0.717, 1.165) is 66.6 Å². The number of carbonyl (C=O) groups is 3. The lowest BCUT2D eigenvalue weighted by molar-refractivity contribution is -0.131. The Hall–Kier alpha value is -5.03. The monoisotopic (exact) mass is 840 g/mol. The number of ketones is 1. The Morgan fingerprint density at radius 1 is 1.00 bits per heavy atom. The first-order valence-corrected chi connectivity index (χ1v) is 20.0. The van der Waals surface area contributed by atoms with E-state index < -0.39 is 23.5 Å². The van der Waals surface area contributed by atoms with E-state index in [1.165, 1.54) is 6.07 Å². The number of hydrogen-bond donors (Lipinski definition) is 2. The van der Waals surface area contributed by atoms with Crippen LogP contribution < -0.4 is 10.6 Å². The molecule has 3 aliphatic heterocycles. The molecular weight excluding hydrogens is 798 g/mol. The Bertz CT molecular complexity index is 2360. The van der Waals surface area contributed by atoms with Gasteiger partial charge in [0, 0.05) is 86.2 Å². The summed E-state index contributed by atoms with van der Waals surface area (Å²) in [7, 11) is 0. The van der Waals surface area contributed by atoms with Gasteiger partial charge in [0.25, 0.3) is 5.91 Å². The highest BCUT2D eigenvalue weighted by molar-refractivity contribution is 9.10. The minimum atomic E-state index is -0.668. The summed E-state index contributed by atoms with van der Waals surface area (Å²) >= 11 is 3.83. The van der Waals surface area contributed by atoms with Gasteiger partial charge < -0.3 is 20.1 Å². The second-order valence-corrected chi connectivity index (χ2v) is 16.1. The van der Waals surface area contributed by atoms with E-state index in [1.807, 2.05) is 54.5 Å². The van der Waals surface area contributed by atoms with Gasteiger partial charge in [-0.05, 0) is 74.6 Å². The van der Waals surface area contributed by atoms with Crippen LogP contribution in [0, 0.1) is 18.6 Å². The van der Waals surface area contributed by atoms with Gasteiger partial charge in [0.15, 0.2) is 17.9 Å². The van der Waals surface area contributed by atoms with E-state index in [2.05, 4.69) is 56.3 Å². The molecule has 1 amide bonds. The van der Waals surface area contributed by atoms with Crippen molar-refractivity contribution < 1.29 is 23.2 Å². The topological polar surface area (TPSA) is 141 Å². The van der Waals surface area contributed by atoms with Crippen molar-refractivity contribution in [2.75, 3.05) is 38.0 Å². The largest absolute Gasteiger partial charge is 0.330 e. The zero-order chi connectivity index (χ0) is 40.0. The van der Waals surface area contributed by atoms with Crippen molar-refractivity contribution in [3.05, 3.63) is 93.0 Å². The van der Waals surface area contributed by atoms with Crippen LogP contribution in [0.2, 0.25) is 0 Å². The third kappa shape index (κ3) is 7.83. The molecule has 5 aromatic rings. The van der Waals surface area contributed by atoms with Crippen molar-refractivity contribution in [3.8, 4) is 11.3 Å². The number of hydrogen-bond acceptors (Lipinski definition) is 11. The maximum atomic E-state index is 15.1. The molecule has 0 bridgehead atoms. The van der Waals surface area contributed by atoms with Crippen LogP contribution in [0.3, 0.4) is 0 Å². The molecule has 296 valence electrons. The van der Waals surface area contributed by atoms with Crippen LogP contribution in [0.15, 0.2) is 53.3 Å². The van der Waals surface area contributed by atoms with Crippen molar-refractivity contribution in [1.29, 1.82) is 0 Å². The molecule has 2 fully saturated rings. The van der Waals surface area contributed by atoms with E-state index >= 15 is 8.78 Å².